The highest BCUT2D eigenvalue weighted by atomic mass is 35.5. The fraction of sp³-hybridized carbons (Fsp3) is 0.571. The van der Waals surface area contributed by atoms with Gasteiger partial charge in [0.25, 0.3) is 0 Å². The van der Waals surface area contributed by atoms with Gasteiger partial charge in [-0.15, -0.1) is 0 Å². The third-order valence-electron chi connectivity index (χ3n) is 4.03. The lowest BCUT2D eigenvalue weighted by Crippen LogP contribution is -2.06. The zero-order valence-electron chi connectivity index (χ0n) is 10.9. The van der Waals surface area contributed by atoms with Crippen molar-refractivity contribution in [3.8, 4) is 0 Å². The van der Waals surface area contributed by atoms with Crippen LogP contribution >= 0.6 is 11.6 Å². The summed E-state index contributed by atoms with van der Waals surface area (Å²) in [5, 5.41) is 5.15. The van der Waals surface area contributed by atoms with E-state index in [1.807, 2.05) is 6.20 Å². The summed E-state index contributed by atoms with van der Waals surface area (Å²) in [4.78, 5) is 4.73. The van der Waals surface area contributed by atoms with Gasteiger partial charge >= 0.3 is 0 Å². The molecule has 1 aliphatic rings. The second-order valence-corrected chi connectivity index (χ2v) is 5.50. The van der Waals surface area contributed by atoms with E-state index in [2.05, 4.69) is 18.9 Å². The highest BCUT2D eigenvalue weighted by Gasteiger charge is 2.24. The largest absolute Gasteiger partial charge is 0.233 e. The molecule has 0 aliphatic heterocycles. The number of aromatic nitrogens is 3. The van der Waals surface area contributed by atoms with Gasteiger partial charge in [0.2, 0.25) is 0 Å². The molecule has 0 bridgehead atoms. The zero-order valence-corrected chi connectivity index (χ0v) is 11.7. The third kappa shape index (κ3) is 1.72. The molecular weight excluding hydrogens is 246 g/mol. The number of hydrogen-bond donors (Lipinski definition) is 0. The van der Waals surface area contributed by atoms with E-state index in [4.69, 9.17) is 16.6 Å². The Bertz CT molecular complexity index is 582. The molecule has 2 aromatic heterocycles. The maximum Gasteiger partial charge on any atom is 0.160 e. The summed E-state index contributed by atoms with van der Waals surface area (Å²) in [6.45, 7) is 4.19. The summed E-state index contributed by atoms with van der Waals surface area (Å²) < 4.78 is 1.81. The molecule has 96 valence electrons. The number of nitrogens with zero attached hydrogens (tertiary/aromatic N) is 3. The van der Waals surface area contributed by atoms with Gasteiger partial charge in [-0.3, -0.25) is 0 Å². The maximum atomic E-state index is 6.56. The molecule has 0 aromatic carbocycles. The van der Waals surface area contributed by atoms with Gasteiger partial charge < -0.3 is 0 Å². The van der Waals surface area contributed by atoms with Crippen LogP contribution < -0.4 is 0 Å². The van der Waals surface area contributed by atoms with Gasteiger partial charge in [-0.25, -0.2) is 9.50 Å². The van der Waals surface area contributed by atoms with E-state index in [9.17, 15) is 0 Å². The van der Waals surface area contributed by atoms with Crippen LogP contribution in [0.15, 0.2) is 6.20 Å². The number of halogens is 1. The SMILES string of the molecule is CCc1cnn2c(Cl)c(C3CCCC3)c(C)nc12. The van der Waals surface area contributed by atoms with Crippen molar-refractivity contribution in [1.82, 2.24) is 14.6 Å². The van der Waals surface area contributed by atoms with Crippen molar-refractivity contribution < 1.29 is 0 Å². The molecule has 0 radical (unpaired) electrons. The van der Waals surface area contributed by atoms with Crippen LogP contribution in [0.25, 0.3) is 5.65 Å². The molecule has 3 nitrogen and oxygen atoms in total. The van der Waals surface area contributed by atoms with Crippen molar-refractivity contribution in [2.24, 2.45) is 0 Å². The summed E-state index contributed by atoms with van der Waals surface area (Å²) in [7, 11) is 0. The molecule has 2 heterocycles. The number of rotatable bonds is 2. The summed E-state index contributed by atoms with van der Waals surface area (Å²) in [6.07, 6.45) is 7.89. The lowest BCUT2D eigenvalue weighted by Gasteiger charge is -2.15. The van der Waals surface area contributed by atoms with E-state index in [1.54, 1.807) is 4.52 Å². The molecule has 0 atom stereocenters. The molecular formula is C14H18ClN3. The molecule has 0 saturated heterocycles. The Labute approximate surface area is 112 Å². The second-order valence-electron chi connectivity index (χ2n) is 5.14. The first-order valence-corrected chi connectivity index (χ1v) is 7.12. The van der Waals surface area contributed by atoms with Crippen LogP contribution in [0, 0.1) is 6.92 Å². The average Bonchev–Trinajstić information content (AvgIpc) is 2.97. The fourth-order valence-corrected chi connectivity index (χ4v) is 3.46. The number of hydrogen-bond acceptors (Lipinski definition) is 2. The number of aryl methyl sites for hydroxylation is 2. The molecule has 0 spiro atoms. The van der Waals surface area contributed by atoms with Gasteiger partial charge in [-0.05, 0) is 32.1 Å². The normalized spacial score (nSPS) is 16.8. The van der Waals surface area contributed by atoms with E-state index in [-0.39, 0.29) is 0 Å². The zero-order chi connectivity index (χ0) is 12.7. The minimum Gasteiger partial charge on any atom is -0.233 e. The van der Waals surface area contributed by atoms with E-state index >= 15 is 0 Å². The lowest BCUT2D eigenvalue weighted by molar-refractivity contribution is 0.700. The smallest absolute Gasteiger partial charge is 0.160 e. The molecule has 1 aliphatic carbocycles. The van der Waals surface area contributed by atoms with Gasteiger partial charge in [-0.1, -0.05) is 31.4 Å². The Balaban J connectivity index is 2.20. The standard InChI is InChI=1S/C14H18ClN3/c1-3-10-8-16-18-13(15)12(9(2)17-14(10)18)11-6-4-5-7-11/h8,11H,3-7H2,1-2H3. The fourth-order valence-electron chi connectivity index (χ4n) is 3.05. The highest BCUT2D eigenvalue weighted by Crippen LogP contribution is 2.39. The van der Waals surface area contributed by atoms with Crippen LogP contribution in [0.1, 0.15) is 55.3 Å². The van der Waals surface area contributed by atoms with E-state index in [0.717, 1.165) is 28.5 Å². The van der Waals surface area contributed by atoms with Crippen molar-refractivity contribution in [1.29, 1.82) is 0 Å². The first-order chi connectivity index (χ1) is 8.72. The Kier molecular flexibility index (Phi) is 3.02. The molecule has 1 saturated carbocycles. The Morgan fingerprint density at radius 3 is 2.78 bits per heavy atom. The van der Waals surface area contributed by atoms with Gasteiger partial charge in [0, 0.05) is 16.8 Å². The topological polar surface area (TPSA) is 30.2 Å². The average molecular weight is 264 g/mol. The predicted molar refractivity (Wildman–Crippen MR) is 73.3 cm³/mol. The molecule has 3 rings (SSSR count). The van der Waals surface area contributed by atoms with Crippen molar-refractivity contribution in [3.63, 3.8) is 0 Å². The minimum atomic E-state index is 0.573. The van der Waals surface area contributed by atoms with Gasteiger partial charge in [-0.2, -0.15) is 5.10 Å². The van der Waals surface area contributed by atoms with Crippen molar-refractivity contribution >= 4 is 17.2 Å². The maximum absolute atomic E-state index is 6.56. The van der Waals surface area contributed by atoms with Gasteiger partial charge in [0.15, 0.2) is 5.65 Å². The van der Waals surface area contributed by atoms with Crippen molar-refractivity contribution in [3.05, 3.63) is 28.2 Å². The number of fused-ring (bicyclic) bond motifs is 1. The van der Waals surface area contributed by atoms with E-state index in [0.29, 0.717) is 5.92 Å². The van der Waals surface area contributed by atoms with Crippen molar-refractivity contribution in [2.75, 3.05) is 0 Å². The lowest BCUT2D eigenvalue weighted by atomic mass is 9.98. The molecule has 0 N–H and O–H groups in total. The Morgan fingerprint density at radius 2 is 2.11 bits per heavy atom. The van der Waals surface area contributed by atoms with E-state index < -0.39 is 0 Å². The molecule has 0 unspecified atom stereocenters. The predicted octanol–water partition coefficient (Wildman–Crippen LogP) is 3.91. The van der Waals surface area contributed by atoms with Gasteiger partial charge in [0.05, 0.1) is 6.20 Å². The quantitative estimate of drug-likeness (QED) is 0.769. The summed E-state index contributed by atoms with van der Waals surface area (Å²) in [5.41, 5.74) is 4.38. The first-order valence-electron chi connectivity index (χ1n) is 6.75. The second kappa shape index (κ2) is 4.54. The summed E-state index contributed by atoms with van der Waals surface area (Å²) in [6, 6.07) is 0. The van der Waals surface area contributed by atoms with Crippen LogP contribution in [-0.2, 0) is 6.42 Å². The summed E-state index contributed by atoms with van der Waals surface area (Å²) >= 11 is 6.56. The third-order valence-corrected chi connectivity index (χ3v) is 4.40. The van der Waals surface area contributed by atoms with Crippen LogP contribution in [-0.4, -0.2) is 14.6 Å². The molecule has 18 heavy (non-hydrogen) atoms. The van der Waals surface area contributed by atoms with E-state index in [1.165, 1.54) is 31.2 Å². The monoisotopic (exact) mass is 263 g/mol. The molecule has 0 amide bonds. The Hall–Kier alpha value is -1.09. The van der Waals surface area contributed by atoms with Crippen LogP contribution in [0.3, 0.4) is 0 Å². The minimum absolute atomic E-state index is 0.573. The van der Waals surface area contributed by atoms with Gasteiger partial charge in [0.1, 0.15) is 5.15 Å². The summed E-state index contributed by atoms with van der Waals surface area (Å²) in [5.74, 6) is 0.573. The molecule has 2 aromatic rings. The molecule has 4 heteroatoms. The van der Waals surface area contributed by atoms with Crippen molar-refractivity contribution in [2.45, 2.75) is 51.9 Å². The van der Waals surface area contributed by atoms with Crippen LogP contribution in [0.2, 0.25) is 5.15 Å². The first kappa shape index (κ1) is 12.0. The van der Waals surface area contributed by atoms with Crippen LogP contribution in [0.4, 0.5) is 0 Å². The Morgan fingerprint density at radius 1 is 1.39 bits per heavy atom. The highest BCUT2D eigenvalue weighted by molar-refractivity contribution is 6.30. The van der Waals surface area contributed by atoms with Crippen LogP contribution in [0.5, 0.6) is 0 Å². The molecule has 1 fully saturated rings.